The molecule has 19 heavy (non-hydrogen) atoms. The number of hydrogen-bond acceptors (Lipinski definition) is 5. The maximum absolute atomic E-state index is 12.7. The van der Waals surface area contributed by atoms with Crippen molar-refractivity contribution in [2.45, 2.75) is 23.4 Å². The maximum atomic E-state index is 12.7. The van der Waals surface area contributed by atoms with E-state index in [4.69, 9.17) is 0 Å². The van der Waals surface area contributed by atoms with Crippen molar-refractivity contribution in [3.05, 3.63) is 35.1 Å². The molecule has 0 saturated heterocycles. The smallest absolute Gasteiger partial charge is 0.237 e. The van der Waals surface area contributed by atoms with Gasteiger partial charge in [0, 0.05) is 5.69 Å². The van der Waals surface area contributed by atoms with Crippen molar-refractivity contribution in [2.75, 3.05) is 5.32 Å². The Balaban J connectivity index is 1.94. The molecule has 0 aliphatic heterocycles. The van der Waals surface area contributed by atoms with Gasteiger partial charge in [-0.1, -0.05) is 23.1 Å². The maximum Gasteiger partial charge on any atom is 0.237 e. The highest BCUT2D eigenvalue weighted by Crippen LogP contribution is 2.26. The van der Waals surface area contributed by atoms with E-state index in [2.05, 4.69) is 15.5 Å². The number of nitrogens with one attached hydrogen (secondary N) is 1. The van der Waals surface area contributed by atoms with E-state index in [0.717, 1.165) is 9.35 Å². The summed E-state index contributed by atoms with van der Waals surface area (Å²) in [6.45, 7) is 3.66. The lowest BCUT2D eigenvalue weighted by Gasteiger charge is -2.10. The number of nitrogens with zero attached hydrogens (tertiary/aromatic N) is 2. The van der Waals surface area contributed by atoms with Crippen LogP contribution in [0.15, 0.2) is 28.6 Å². The third-order valence-electron chi connectivity index (χ3n) is 2.27. The molecular formula is C12H12FN3OS2. The molecule has 0 saturated carbocycles. The van der Waals surface area contributed by atoms with Gasteiger partial charge < -0.3 is 5.32 Å². The van der Waals surface area contributed by atoms with E-state index in [1.165, 1.54) is 47.4 Å². The van der Waals surface area contributed by atoms with Crippen molar-refractivity contribution in [1.82, 2.24) is 10.2 Å². The minimum atomic E-state index is -0.329. The van der Waals surface area contributed by atoms with Crippen LogP contribution in [0.25, 0.3) is 0 Å². The van der Waals surface area contributed by atoms with E-state index in [9.17, 15) is 9.18 Å². The second-order valence-electron chi connectivity index (χ2n) is 3.84. The highest BCUT2D eigenvalue weighted by atomic mass is 32.2. The number of aromatic nitrogens is 2. The fourth-order valence-electron chi connectivity index (χ4n) is 1.31. The first kappa shape index (κ1) is 14.0. The van der Waals surface area contributed by atoms with Gasteiger partial charge >= 0.3 is 0 Å². The van der Waals surface area contributed by atoms with Crippen LogP contribution in [-0.4, -0.2) is 21.4 Å². The summed E-state index contributed by atoms with van der Waals surface area (Å²) in [6, 6.07) is 5.67. The topological polar surface area (TPSA) is 54.9 Å². The second-order valence-corrected chi connectivity index (χ2v) is 6.61. The molecule has 1 heterocycles. The van der Waals surface area contributed by atoms with Crippen molar-refractivity contribution in [3.63, 3.8) is 0 Å². The molecular weight excluding hydrogens is 285 g/mol. The Labute approximate surface area is 118 Å². The SMILES string of the molecule is Cc1nnc(S[C@H](C)C(=O)Nc2ccc(F)cc2)s1. The Morgan fingerprint density at radius 2 is 2.05 bits per heavy atom. The van der Waals surface area contributed by atoms with Gasteiger partial charge in [0.2, 0.25) is 5.91 Å². The van der Waals surface area contributed by atoms with Gasteiger partial charge in [-0.2, -0.15) is 0 Å². The lowest BCUT2D eigenvalue weighted by Crippen LogP contribution is -2.22. The van der Waals surface area contributed by atoms with Crippen LogP contribution in [0.5, 0.6) is 0 Å². The summed E-state index contributed by atoms with van der Waals surface area (Å²) >= 11 is 2.81. The number of thioether (sulfide) groups is 1. The number of halogens is 1. The van der Waals surface area contributed by atoms with Crippen molar-refractivity contribution in [1.29, 1.82) is 0 Å². The van der Waals surface area contributed by atoms with Gasteiger partial charge in [-0.3, -0.25) is 4.79 Å². The summed E-state index contributed by atoms with van der Waals surface area (Å²) in [4.78, 5) is 11.9. The van der Waals surface area contributed by atoms with Crippen LogP contribution in [0.4, 0.5) is 10.1 Å². The standard InChI is InChI=1S/C12H12FN3OS2/c1-7(18-12-16-15-8(2)19-12)11(17)14-10-5-3-9(13)4-6-10/h3-7H,1-2H3,(H,14,17)/t7-/m1/s1. The summed E-state index contributed by atoms with van der Waals surface area (Å²) in [5, 5.41) is 11.2. The van der Waals surface area contributed by atoms with Crippen LogP contribution in [0.2, 0.25) is 0 Å². The number of anilines is 1. The molecule has 0 fully saturated rings. The molecule has 0 spiro atoms. The van der Waals surface area contributed by atoms with Crippen molar-refractivity contribution in [2.24, 2.45) is 0 Å². The van der Waals surface area contributed by atoms with Gasteiger partial charge in [-0.15, -0.1) is 10.2 Å². The molecule has 0 radical (unpaired) electrons. The molecule has 2 rings (SSSR count). The fourth-order valence-corrected chi connectivity index (χ4v) is 3.27. The lowest BCUT2D eigenvalue weighted by atomic mass is 10.3. The molecule has 0 aliphatic carbocycles. The van der Waals surface area contributed by atoms with Crippen LogP contribution in [0.1, 0.15) is 11.9 Å². The van der Waals surface area contributed by atoms with Crippen LogP contribution < -0.4 is 5.32 Å². The van der Waals surface area contributed by atoms with E-state index in [-0.39, 0.29) is 17.0 Å². The summed E-state index contributed by atoms with van der Waals surface area (Å²) in [6.07, 6.45) is 0. The fraction of sp³-hybridized carbons (Fsp3) is 0.250. The van der Waals surface area contributed by atoms with Crippen molar-refractivity contribution >= 4 is 34.7 Å². The Bertz CT molecular complexity index is 571. The molecule has 2 aromatic rings. The number of hydrogen-bond donors (Lipinski definition) is 1. The highest BCUT2D eigenvalue weighted by molar-refractivity contribution is 8.02. The molecule has 1 aromatic carbocycles. The molecule has 0 aliphatic rings. The zero-order valence-electron chi connectivity index (χ0n) is 10.4. The van der Waals surface area contributed by atoms with Crippen LogP contribution in [0, 0.1) is 12.7 Å². The van der Waals surface area contributed by atoms with Gasteiger partial charge in [0.25, 0.3) is 0 Å². The third kappa shape index (κ3) is 4.00. The first-order valence-electron chi connectivity index (χ1n) is 5.58. The third-order valence-corrected chi connectivity index (χ3v) is 4.29. The monoisotopic (exact) mass is 297 g/mol. The van der Waals surface area contributed by atoms with Crippen molar-refractivity contribution in [3.8, 4) is 0 Å². The Morgan fingerprint density at radius 1 is 1.37 bits per heavy atom. The largest absolute Gasteiger partial charge is 0.325 e. The zero-order chi connectivity index (χ0) is 13.8. The normalized spacial score (nSPS) is 12.2. The Hall–Kier alpha value is -1.47. The van der Waals surface area contributed by atoms with E-state index in [1.54, 1.807) is 6.92 Å². The number of benzene rings is 1. The van der Waals surface area contributed by atoms with Gasteiger partial charge in [-0.05, 0) is 38.1 Å². The highest BCUT2D eigenvalue weighted by Gasteiger charge is 2.16. The molecule has 1 atom stereocenters. The average molecular weight is 297 g/mol. The Kier molecular flexibility index (Phi) is 4.49. The second kappa shape index (κ2) is 6.12. The molecule has 0 unspecified atom stereocenters. The molecule has 100 valence electrons. The first-order valence-corrected chi connectivity index (χ1v) is 7.27. The number of rotatable bonds is 4. The van der Waals surface area contributed by atoms with Crippen LogP contribution in [0.3, 0.4) is 0 Å². The van der Waals surface area contributed by atoms with Crippen LogP contribution in [-0.2, 0) is 4.79 Å². The lowest BCUT2D eigenvalue weighted by molar-refractivity contribution is -0.115. The van der Waals surface area contributed by atoms with Crippen LogP contribution >= 0.6 is 23.1 Å². The summed E-state index contributed by atoms with van der Waals surface area (Å²) in [5.74, 6) is -0.478. The van der Waals surface area contributed by atoms with Crippen molar-refractivity contribution < 1.29 is 9.18 Å². The molecule has 0 bridgehead atoms. The molecule has 7 heteroatoms. The van der Waals surface area contributed by atoms with Gasteiger partial charge in [-0.25, -0.2) is 4.39 Å². The average Bonchev–Trinajstić information content (AvgIpc) is 2.77. The molecule has 1 aromatic heterocycles. The predicted molar refractivity (Wildman–Crippen MR) is 75.0 cm³/mol. The summed E-state index contributed by atoms with van der Waals surface area (Å²) in [7, 11) is 0. The van der Waals surface area contributed by atoms with E-state index < -0.39 is 0 Å². The van der Waals surface area contributed by atoms with E-state index >= 15 is 0 Å². The Morgan fingerprint density at radius 3 is 2.63 bits per heavy atom. The molecule has 1 N–H and O–H groups in total. The number of carbonyl (C=O) groups excluding carboxylic acids is 1. The molecule has 4 nitrogen and oxygen atoms in total. The first-order chi connectivity index (χ1) is 9.04. The van der Waals surface area contributed by atoms with Gasteiger partial charge in [0.1, 0.15) is 10.8 Å². The zero-order valence-corrected chi connectivity index (χ0v) is 12.0. The predicted octanol–water partition coefficient (Wildman–Crippen LogP) is 3.10. The van der Waals surface area contributed by atoms with Gasteiger partial charge in [0.05, 0.1) is 5.25 Å². The minimum Gasteiger partial charge on any atom is -0.325 e. The number of aryl methyl sites for hydroxylation is 1. The quantitative estimate of drug-likeness (QED) is 0.881. The van der Waals surface area contributed by atoms with Gasteiger partial charge in [0.15, 0.2) is 4.34 Å². The number of carbonyl (C=O) groups is 1. The minimum absolute atomic E-state index is 0.149. The number of amides is 1. The van der Waals surface area contributed by atoms with E-state index in [0.29, 0.717) is 5.69 Å². The van der Waals surface area contributed by atoms with E-state index in [1.807, 2.05) is 6.92 Å². The molecule has 1 amide bonds. The summed E-state index contributed by atoms with van der Waals surface area (Å²) in [5.41, 5.74) is 0.576. The summed E-state index contributed by atoms with van der Waals surface area (Å²) < 4.78 is 13.5.